The first-order chi connectivity index (χ1) is 11.4. The van der Waals surface area contributed by atoms with E-state index in [9.17, 15) is 20.1 Å². The quantitative estimate of drug-likeness (QED) is 0.567. The van der Waals surface area contributed by atoms with Crippen molar-refractivity contribution in [1.29, 1.82) is 0 Å². The number of para-hydroxylation sites is 1. The van der Waals surface area contributed by atoms with Crippen molar-refractivity contribution in [2.75, 3.05) is 6.61 Å². The highest BCUT2D eigenvalue weighted by molar-refractivity contribution is 5.67. The number of carbonyl (C=O) groups is 1. The summed E-state index contributed by atoms with van der Waals surface area (Å²) in [5.41, 5.74) is 0. The molecule has 5 atom stereocenters. The van der Waals surface area contributed by atoms with Crippen LogP contribution in [0.1, 0.15) is 19.8 Å². The van der Waals surface area contributed by atoms with Crippen molar-refractivity contribution >= 4 is 5.97 Å². The molecule has 132 valence electrons. The number of hydrogen-bond donors (Lipinski definition) is 4. The normalized spacial score (nSPS) is 28.5. The maximum Gasteiger partial charge on any atom is 0.303 e. The minimum Gasteiger partial charge on any atom is -0.512 e. The Labute approximate surface area is 141 Å². The molecule has 0 spiro atoms. The molecular weight excluding hydrogens is 312 g/mol. The van der Waals surface area contributed by atoms with E-state index in [4.69, 9.17) is 9.84 Å². The number of aliphatic carboxylic acids is 1. The average molecular weight is 336 g/mol. The van der Waals surface area contributed by atoms with Crippen molar-refractivity contribution in [2.45, 2.75) is 32.0 Å². The first-order valence-electron chi connectivity index (χ1n) is 8.05. The molecule has 0 amide bonds. The molecule has 24 heavy (non-hydrogen) atoms. The van der Waals surface area contributed by atoms with Gasteiger partial charge in [-0.1, -0.05) is 25.1 Å². The summed E-state index contributed by atoms with van der Waals surface area (Å²) in [6.45, 7) is 2.19. The summed E-state index contributed by atoms with van der Waals surface area (Å²) < 4.78 is 5.61. The number of carboxylic acid groups (broad SMARTS) is 1. The van der Waals surface area contributed by atoms with Gasteiger partial charge in [-0.05, 0) is 18.2 Å². The summed E-state index contributed by atoms with van der Waals surface area (Å²) >= 11 is 0. The summed E-state index contributed by atoms with van der Waals surface area (Å²) in [5, 5.41) is 39.3. The van der Waals surface area contributed by atoms with Crippen LogP contribution in [0.3, 0.4) is 0 Å². The van der Waals surface area contributed by atoms with Crippen molar-refractivity contribution < 1.29 is 30.0 Å². The van der Waals surface area contributed by atoms with Crippen LogP contribution in [-0.4, -0.2) is 45.2 Å². The Morgan fingerprint density at radius 3 is 2.54 bits per heavy atom. The summed E-state index contributed by atoms with van der Waals surface area (Å²) in [6.07, 6.45) is -0.565. The summed E-state index contributed by atoms with van der Waals surface area (Å²) in [7, 11) is 0. The van der Waals surface area contributed by atoms with Crippen molar-refractivity contribution in [2.24, 2.45) is 17.8 Å². The lowest BCUT2D eigenvalue weighted by molar-refractivity contribution is -0.139. The maximum atomic E-state index is 10.9. The van der Waals surface area contributed by atoms with Crippen LogP contribution in [0, 0.1) is 17.8 Å². The van der Waals surface area contributed by atoms with Gasteiger partial charge in [-0.2, -0.15) is 0 Å². The fourth-order valence-corrected chi connectivity index (χ4v) is 3.17. The molecule has 6 nitrogen and oxygen atoms in total. The van der Waals surface area contributed by atoms with Crippen LogP contribution >= 0.6 is 0 Å². The number of carboxylic acids is 1. The van der Waals surface area contributed by atoms with Gasteiger partial charge in [0.15, 0.2) is 0 Å². The molecule has 0 saturated heterocycles. The molecule has 0 unspecified atom stereocenters. The number of rotatable bonds is 7. The Bertz CT molecular complexity index is 570. The topological polar surface area (TPSA) is 107 Å². The van der Waals surface area contributed by atoms with Gasteiger partial charge in [-0.15, -0.1) is 0 Å². The van der Waals surface area contributed by atoms with E-state index in [0.29, 0.717) is 6.61 Å². The van der Waals surface area contributed by atoms with Crippen LogP contribution in [0.25, 0.3) is 0 Å². The third-order valence-corrected chi connectivity index (χ3v) is 4.32. The van der Waals surface area contributed by atoms with Crippen molar-refractivity contribution in [3.8, 4) is 5.75 Å². The first-order valence-corrected chi connectivity index (χ1v) is 8.05. The van der Waals surface area contributed by atoms with Crippen LogP contribution in [0.5, 0.6) is 5.75 Å². The number of benzene rings is 1. The van der Waals surface area contributed by atoms with Crippen molar-refractivity contribution in [1.82, 2.24) is 0 Å². The Morgan fingerprint density at radius 2 is 1.92 bits per heavy atom. The molecule has 0 aromatic heterocycles. The van der Waals surface area contributed by atoms with Crippen LogP contribution in [0.2, 0.25) is 0 Å². The highest BCUT2D eigenvalue weighted by Gasteiger charge is 2.44. The molecular formula is C18H24O6. The minimum atomic E-state index is -1.06. The molecule has 2 rings (SSSR count). The summed E-state index contributed by atoms with van der Waals surface area (Å²) in [5.74, 6) is -2.04. The lowest BCUT2D eigenvalue weighted by atomic mass is 9.88. The zero-order valence-corrected chi connectivity index (χ0v) is 13.6. The van der Waals surface area contributed by atoms with E-state index in [1.807, 2.05) is 37.3 Å². The molecule has 0 heterocycles. The number of hydrogen-bond acceptors (Lipinski definition) is 5. The maximum absolute atomic E-state index is 10.9. The largest absolute Gasteiger partial charge is 0.512 e. The smallest absolute Gasteiger partial charge is 0.303 e. The predicted molar refractivity (Wildman–Crippen MR) is 87.7 cm³/mol. The highest BCUT2D eigenvalue weighted by Crippen LogP contribution is 2.39. The first kappa shape index (κ1) is 18.3. The second-order valence-electron chi connectivity index (χ2n) is 6.35. The van der Waals surface area contributed by atoms with Gasteiger partial charge in [-0.3, -0.25) is 4.79 Å². The van der Waals surface area contributed by atoms with Gasteiger partial charge in [0.1, 0.15) is 5.75 Å². The van der Waals surface area contributed by atoms with Gasteiger partial charge in [0.05, 0.1) is 31.0 Å². The summed E-state index contributed by atoms with van der Waals surface area (Å²) in [6, 6.07) is 9.27. The molecule has 4 N–H and O–H groups in total. The Hall–Kier alpha value is -2.05. The molecule has 1 aliphatic rings. The van der Waals surface area contributed by atoms with Gasteiger partial charge in [0, 0.05) is 24.2 Å². The van der Waals surface area contributed by atoms with E-state index in [0.717, 1.165) is 5.75 Å². The molecule has 0 bridgehead atoms. The molecule has 1 saturated carbocycles. The van der Waals surface area contributed by atoms with Gasteiger partial charge in [-0.25, -0.2) is 0 Å². The van der Waals surface area contributed by atoms with Crippen LogP contribution in [-0.2, 0) is 4.79 Å². The van der Waals surface area contributed by atoms with Gasteiger partial charge in [0.2, 0.25) is 0 Å². The van der Waals surface area contributed by atoms with E-state index >= 15 is 0 Å². The number of aliphatic hydroxyl groups is 3. The minimum absolute atomic E-state index is 0.0649. The lowest BCUT2D eigenvalue weighted by Gasteiger charge is -2.22. The van der Waals surface area contributed by atoms with Gasteiger partial charge < -0.3 is 25.2 Å². The third-order valence-electron chi connectivity index (χ3n) is 4.32. The molecule has 6 heteroatoms. The zero-order chi connectivity index (χ0) is 17.7. The third kappa shape index (κ3) is 4.72. The van der Waals surface area contributed by atoms with Crippen molar-refractivity contribution in [3.05, 3.63) is 42.2 Å². The van der Waals surface area contributed by atoms with Gasteiger partial charge >= 0.3 is 5.97 Å². The van der Waals surface area contributed by atoms with E-state index in [1.165, 1.54) is 0 Å². The fraction of sp³-hybridized carbons (Fsp3) is 0.500. The Morgan fingerprint density at radius 1 is 1.25 bits per heavy atom. The second-order valence-corrected chi connectivity index (χ2v) is 6.35. The van der Waals surface area contributed by atoms with Crippen LogP contribution < -0.4 is 4.74 Å². The van der Waals surface area contributed by atoms with E-state index in [1.54, 1.807) is 6.08 Å². The molecule has 1 aromatic carbocycles. The van der Waals surface area contributed by atoms with Gasteiger partial charge in [0.25, 0.3) is 0 Å². The average Bonchev–Trinajstić information content (AvgIpc) is 2.79. The molecule has 1 fully saturated rings. The SMILES string of the molecule is C[C@@H](C=C(O)[C@@H]1[C@@H](CC(=O)O)[C@@H](O)C[C@H]1O)COc1ccccc1. The summed E-state index contributed by atoms with van der Waals surface area (Å²) in [4.78, 5) is 10.9. The predicted octanol–water partition coefficient (Wildman–Crippen LogP) is 1.98. The Kier molecular flexibility index (Phi) is 6.23. The van der Waals surface area contributed by atoms with Crippen LogP contribution in [0.15, 0.2) is 42.2 Å². The van der Waals surface area contributed by atoms with E-state index in [-0.39, 0.29) is 24.5 Å². The van der Waals surface area contributed by atoms with E-state index < -0.39 is 30.0 Å². The molecule has 0 radical (unpaired) electrons. The number of aliphatic hydroxyl groups excluding tert-OH is 3. The van der Waals surface area contributed by atoms with Crippen LogP contribution in [0.4, 0.5) is 0 Å². The zero-order valence-electron chi connectivity index (χ0n) is 13.6. The van der Waals surface area contributed by atoms with E-state index in [2.05, 4.69) is 0 Å². The molecule has 0 aliphatic heterocycles. The number of ether oxygens (including phenoxy) is 1. The highest BCUT2D eigenvalue weighted by atomic mass is 16.5. The lowest BCUT2D eigenvalue weighted by Crippen LogP contribution is -2.27. The molecule has 1 aromatic rings. The second kappa shape index (κ2) is 8.17. The van der Waals surface area contributed by atoms with Crippen molar-refractivity contribution in [3.63, 3.8) is 0 Å². The Balaban J connectivity index is 2.00. The molecule has 1 aliphatic carbocycles. The monoisotopic (exact) mass is 336 g/mol. The fourth-order valence-electron chi connectivity index (χ4n) is 3.17. The standard InChI is InChI=1S/C18H24O6/c1-11(10-24-12-5-3-2-4-6-12)7-15(20)18-13(8-17(22)23)14(19)9-16(18)21/h2-7,11,13-14,16,18-21H,8-10H2,1H3,(H,22,23)/t11-,13-,14-,16+,18-/m0/s1.